The van der Waals surface area contributed by atoms with Crippen LogP contribution in [0.25, 0.3) is 0 Å². The summed E-state index contributed by atoms with van der Waals surface area (Å²) in [5.74, 6) is 2.54. The highest BCUT2D eigenvalue weighted by molar-refractivity contribution is 7.99. The summed E-state index contributed by atoms with van der Waals surface area (Å²) in [4.78, 5) is 13.0. The van der Waals surface area contributed by atoms with Crippen LogP contribution in [-0.2, 0) is 10.2 Å². The van der Waals surface area contributed by atoms with E-state index < -0.39 is 0 Å². The first-order valence-electron chi connectivity index (χ1n) is 7.96. The fourth-order valence-electron chi connectivity index (χ4n) is 3.44. The van der Waals surface area contributed by atoms with E-state index in [2.05, 4.69) is 22.8 Å². The molecule has 1 unspecified atom stereocenters. The lowest BCUT2D eigenvalue weighted by Crippen LogP contribution is -2.53. The van der Waals surface area contributed by atoms with Crippen molar-refractivity contribution in [3.8, 4) is 0 Å². The number of thioether (sulfide) groups is 1. The maximum Gasteiger partial charge on any atom is 0.230 e. The summed E-state index contributed by atoms with van der Waals surface area (Å²) < 4.78 is 0. The lowest BCUT2D eigenvalue weighted by Gasteiger charge is -2.38. The van der Waals surface area contributed by atoms with Crippen molar-refractivity contribution in [3.05, 3.63) is 35.9 Å². The molecule has 2 fully saturated rings. The van der Waals surface area contributed by atoms with Gasteiger partial charge in [0.15, 0.2) is 0 Å². The highest BCUT2D eigenvalue weighted by Gasteiger charge is 2.41. The molecule has 1 atom stereocenters. The van der Waals surface area contributed by atoms with Crippen LogP contribution in [0, 0.1) is 0 Å². The Morgan fingerprint density at radius 3 is 2.67 bits per heavy atom. The van der Waals surface area contributed by atoms with Gasteiger partial charge in [-0.2, -0.15) is 11.8 Å². The molecule has 2 heterocycles. The van der Waals surface area contributed by atoms with Gasteiger partial charge in [0.2, 0.25) is 5.91 Å². The fourth-order valence-corrected chi connectivity index (χ4v) is 4.51. The molecule has 3 nitrogen and oxygen atoms in total. The van der Waals surface area contributed by atoms with E-state index in [9.17, 15) is 4.79 Å². The Balaban J connectivity index is 1.79. The third-order valence-electron chi connectivity index (χ3n) is 4.71. The van der Waals surface area contributed by atoms with E-state index in [1.807, 2.05) is 30.0 Å². The first-order valence-corrected chi connectivity index (χ1v) is 9.12. The molecule has 3 rings (SSSR count). The molecule has 2 saturated heterocycles. The smallest absolute Gasteiger partial charge is 0.230 e. The van der Waals surface area contributed by atoms with Gasteiger partial charge in [-0.25, -0.2) is 0 Å². The minimum absolute atomic E-state index is 0.239. The Bertz CT molecular complexity index is 465. The predicted molar refractivity (Wildman–Crippen MR) is 88.7 cm³/mol. The summed E-state index contributed by atoms with van der Waals surface area (Å²) in [5.41, 5.74) is 0.835. The number of nitrogens with one attached hydrogen (secondary N) is 2. The summed E-state index contributed by atoms with van der Waals surface area (Å²) in [7, 11) is 0. The second-order valence-corrected chi connectivity index (χ2v) is 7.24. The average molecular weight is 304 g/mol. The molecule has 0 saturated carbocycles. The van der Waals surface area contributed by atoms with E-state index in [0.29, 0.717) is 6.04 Å². The Labute approximate surface area is 131 Å². The zero-order valence-corrected chi connectivity index (χ0v) is 13.3. The number of carbonyl (C=O) groups excluding carboxylic acids is 1. The molecule has 2 aliphatic rings. The molecule has 2 aliphatic heterocycles. The lowest BCUT2D eigenvalue weighted by molar-refractivity contribution is -0.128. The number of hydrogen-bond acceptors (Lipinski definition) is 3. The number of amides is 1. The quantitative estimate of drug-likeness (QED) is 0.900. The van der Waals surface area contributed by atoms with Gasteiger partial charge >= 0.3 is 0 Å². The maximum atomic E-state index is 13.0. The molecule has 4 heteroatoms. The lowest BCUT2D eigenvalue weighted by atomic mass is 9.72. The minimum Gasteiger partial charge on any atom is -0.352 e. The first kappa shape index (κ1) is 14.9. The number of rotatable bonds is 3. The van der Waals surface area contributed by atoms with Gasteiger partial charge in [-0.05, 0) is 50.1 Å². The van der Waals surface area contributed by atoms with E-state index >= 15 is 0 Å². The van der Waals surface area contributed by atoms with Crippen LogP contribution < -0.4 is 10.6 Å². The number of piperidine rings is 1. The summed E-state index contributed by atoms with van der Waals surface area (Å²) in [6.45, 7) is 1.84. The molecule has 114 valence electrons. The molecular weight excluding hydrogens is 280 g/mol. The van der Waals surface area contributed by atoms with Gasteiger partial charge in [0.05, 0.1) is 5.41 Å². The van der Waals surface area contributed by atoms with Crippen LogP contribution in [0.2, 0.25) is 0 Å². The number of carbonyl (C=O) groups is 1. The molecule has 0 aliphatic carbocycles. The molecule has 0 aromatic heterocycles. The predicted octanol–water partition coefficient (Wildman–Crippen LogP) is 2.32. The highest BCUT2D eigenvalue weighted by atomic mass is 32.2. The van der Waals surface area contributed by atoms with Crippen LogP contribution in [0.3, 0.4) is 0 Å². The average Bonchev–Trinajstić information content (AvgIpc) is 2.57. The second kappa shape index (κ2) is 6.84. The molecule has 1 aromatic carbocycles. The van der Waals surface area contributed by atoms with Crippen LogP contribution in [0.1, 0.15) is 31.2 Å². The van der Waals surface area contributed by atoms with Crippen LogP contribution in [0.15, 0.2) is 30.3 Å². The van der Waals surface area contributed by atoms with Crippen LogP contribution in [0.4, 0.5) is 0 Å². The molecule has 2 N–H and O–H groups in total. The molecule has 21 heavy (non-hydrogen) atoms. The summed E-state index contributed by atoms with van der Waals surface area (Å²) in [6.07, 6.45) is 4.13. The highest BCUT2D eigenvalue weighted by Crippen LogP contribution is 2.34. The van der Waals surface area contributed by atoms with E-state index in [0.717, 1.165) is 38.1 Å². The van der Waals surface area contributed by atoms with Crippen molar-refractivity contribution in [2.75, 3.05) is 24.6 Å². The Hall–Kier alpha value is -1.00. The van der Waals surface area contributed by atoms with Crippen molar-refractivity contribution < 1.29 is 4.79 Å². The van der Waals surface area contributed by atoms with Crippen molar-refractivity contribution in [3.63, 3.8) is 0 Å². The van der Waals surface area contributed by atoms with Gasteiger partial charge in [-0.1, -0.05) is 30.3 Å². The van der Waals surface area contributed by atoms with E-state index in [1.54, 1.807) is 0 Å². The SMILES string of the molecule is O=C(NC1CCCSC1)C1(c2ccccc2)CCNCC1. The minimum atomic E-state index is -0.339. The Morgan fingerprint density at radius 1 is 1.24 bits per heavy atom. The van der Waals surface area contributed by atoms with Crippen LogP contribution in [0.5, 0.6) is 0 Å². The van der Waals surface area contributed by atoms with Crippen molar-refractivity contribution in [1.82, 2.24) is 10.6 Å². The number of hydrogen-bond donors (Lipinski definition) is 2. The fraction of sp³-hybridized carbons (Fsp3) is 0.588. The van der Waals surface area contributed by atoms with Crippen molar-refractivity contribution in [2.24, 2.45) is 0 Å². The third-order valence-corrected chi connectivity index (χ3v) is 5.93. The maximum absolute atomic E-state index is 13.0. The monoisotopic (exact) mass is 304 g/mol. The van der Waals surface area contributed by atoms with Gasteiger partial charge in [0.1, 0.15) is 0 Å². The van der Waals surface area contributed by atoms with Crippen molar-refractivity contribution in [1.29, 1.82) is 0 Å². The normalized spacial score (nSPS) is 25.2. The van der Waals surface area contributed by atoms with Crippen LogP contribution in [-0.4, -0.2) is 36.5 Å². The molecular formula is C17H24N2OS. The third kappa shape index (κ3) is 3.27. The summed E-state index contributed by atoms with van der Waals surface area (Å²) >= 11 is 1.96. The molecule has 0 bridgehead atoms. The topological polar surface area (TPSA) is 41.1 Å². The van der Waals surface area contributed by atoms with E-state index in [-0.39, 0.29) is 11.3 Å². The summed E-state index contributed by atoms with van der Waals surface area (Å²) in [6, 6.07) is 10.7. The van der Waals surface area contributed by atoms with E-state index in [1.165, 1.54) is 17.7 Å². The van der Waals surface area contributed by atoms with E-state index in [4.69, 9.17) is 0 Å². The van der Waals surface area contributed by atoms with Crippen molar-refractivity contribution >= 4 is 17.7 Å². The summed E-state index contributed by atoms with van der Waals surface area (Å²) in [5, 5.41) is 6.72. The molecule has 0 radical (unpaired) electrons. The van der Waals surface area contributed by atoms with Gasteiger partial charge < -0.3 is 10.6 Å². The van der Waals surface area contributed by atoms with Gasteiger partial charge in [0, 0.05) is 11.8 Å². The Morgan fingerprint density at radius 2 is 2.00 bits per heavy atom. The van der Waals surface area contributed by atoms with Gasteiger partial charge in [0.25, 0.3) is 0 Å². The molecule has 1 amide bonds. The zero-order valence-electron chi connectivity index (χ0n) is 12.4. The Kier molecular flexibility index (Phi) is 4.86. The first-order chi connectivity index (χ1) is 10.3. The number of benzene rings is 1. The molecule has 0 spiro atoms. The van der Waals surface area contributed by atoms with Crippen LogP contribution >= 0.6 is 11.8 Å². The van der Waals surface area contributed by atoms with Gasteiger partial charge in [-0.3, -0.25) is 4.79 Å². The zero-order chi connectivity index (χ0) is 14.5. The van der Waals surface area contributed by atoms with Crippen molar-refractivity contribution in [2.45, 2.75) is 37.1 Å². The second-order valence-electron chi connectivity index (χ2n) is 6.09. The van der Waals surface area contributed by atoms with Gasteiger partial charge in [-0.15, -0.1) is 0 Å². The standard InChI is InChI=1S/C17H24N2OS/c20-16(19-15-7-4-12-21-13-15)17(8-10-18-11-9-17)14-5-2-1-3-6-14/h1-3,5-6,15,18H,4,7-13H2,(H,19,20). The largest absolute Gasteiger partial charge is 0.352 e. The molecule has 1 aromatic rings.